The molecule has 3 rings (SSSR count). The van der Waals surface area contributed by atoms with Crippen LogP contribution in [0.5, 0.6) is 5.88 Å². The Morgan fingerprint density at radius 2 is 1.94 bits per heavy atom. The minimum Gasteiger partial charge on any atom is -0.471 e. The zero-order valence-corrected chi connectivity index (χ0v) is 18.6. The Morgan fingerprint density at radius 3 is 2.55 bits per heavy atom. The third-order valence-electron chi connectivity index (χ3n) is 5.55. The van der Waals surface area contributed by atoms with Gasteiger partial charge in [-0.3, -0.25) is 4.79 Å². The number of piperidine rings is 1. The van der Waals surface area contributed by atoms with Crippen molar-refractivity contribution in [1.29, 1.82) is 0 Å². The van der Waals surface area contributed by atoms with Gasteiger partial charge < -0.3 is 19.3 Å². The summed E-state index contributed by atoms with van der Waals surface area (Å²) in [6, 6.07) is 1.73. The molecule has 0 unspecified atom stereocenters. The van der Waals surface area contributed by atoms with Gasteiger partial charge in [-0.15, -0.1) is 0 Å². The van der Waals surface area contributed by atoms with Gasteiger partial charge in [-0.2, -0.15) is 0 Å². The fourth-order valence-corrected chi connectivity index (χ4v) is 3.75. The maximum Gasteiger partial charge on any atom is 0.410 e. The third-order valence-corrected chi connectivity index (χ3v) is 5.55. The van der Waals surface area contributed by atoms with Gasteiger partial charge in [0.1, 0.15) is 11.2 Å². The Kier molecular flexibility index (Phi) is 6.71. The van der Waals surface area contributed by atoms with E-state index >= 15 is 0 Å². The largest absolute Gasteiger partial charge is 0.471 e. The quantitative estimate of drug-likeness (QED) is 0.667. The number of alkyl halides is 2. The molecule has 0 bridgehead atoms. The second-order valence-corrected chi connectivity index (χ2v) is 9.24. The molecule has 31 heavy (non-hydrogen) atoms. The van der Waals surface area contributed by atoms with Crippen molar-refractivity contribution in [2.45, 2.75) is 65.0 Å². The van der Waals surface area contributed by atoms with Gasteiger partial charge in [0.15, 0.2) is 6.61 Å². The van der Waals surface area contributed by atoms with Crippen LogP contribution in [-0.2, 0) is 11.3 Å². The van der Waals surface area contributed by atoms with Crippen LogP contribution in [0.25, 0.3) is 0 Å². The van der Waals surface area contributed by atoms with Crippen LogP contribution in [0.15, 0.2) is 12.3 Å². The van der Waals surface area contributed by atoms with Gasteiger partial charge in [0, 0.05) is 38.8 Å². The van der Waals surface area contributed by atoms with Crippen molar-refractivity contribution in [3.05, 3.63) is 23.4 Å². The molecule has 0 atom stereocenters. The van der Waals surface area contributed by atoms with E-state index in [9.17, 15) is 18.4 Å². The highest BCUT2D eigenvalue weighted by Crippen LogP contribution is 2.32. The summed E-state index contributed by atoms with van der Waals surface area (Å²) < 4.78 is 37.8. The van der Waals surface area contributed by atoms with E-state index in [1.807, 2.05) is 20.8 Å². The molecule has 7 nitrogen and oxygen atoms in total. The zero-order valence-electron chi connectivity index (χ0n) is 18.6. The number of hydrogen-bond acceptors (Lipinski definition) is 5. The summed E-state index contributed by atoms with van der Waals surface area (Å²) in [5.74, 6) is -2.99. The molecule has 0 aliphatic carbocycles. The SMILES string of the molecule is CCC(F)(F)COc1nccc2c1C(=O)N(CC1CCN(C(=O)OC(C)(C)C)CC1)C2. The van der Waals surface area contributed by atoms with Crippen LogP contribution in [0.4, 0.5) is 13.6 Å². The molecule has 0 N–H and O–H groups in total. The maximum atomic E-state index is 13.6. The van der Waals surface area contributed by atoms with E-state index in [2.05, 4.69) is 4.98 Å². The second-order valence-electron chi connectivity index (χ2n) is 9.24. The average molecular weight is 440 g/mol. The van der Waals surface area contributed by atoms with Gasteiger partial charge in [-0.05, 0) is 51.2 Å². The van der Waals surface area contributed by atoms with Gasteiger partial charge in [0.25, 0.3) is 11.8 Å². The first-order chi connectivity index (χ1) is 14.5. The van der Waals surface area contributed by atoms with Crippen molar-refractivity contribution in [2.24, 2.45) is 5.92 Å². The zero-order chi connectivity index (χ0) is 22.8. The summed E-state index contributed by atoms with van der Waals surface area (Å²) in [7, 11) is 0. The molecule has 0 aromatic carbocycles. The Morgan fingerprint density at radius 1 is 1.26 bits per heavy atom. The van der Waals surface area contributed by atoms with Gasteiger partial charge >= 0.3 is 6.09 Å². The molecular formula is C22H31F2N3O4. The number of halogens is 2. The minimum atomic E-state index is -2.96. The molecular weight excluding hydrogens is 408 g/mol. The van der Waals surface area contributed by atoms with Gasteiger partial charge in [0.2, 0.25) is 5.88 Å². The lowest BCUT2D eigenvalue weighted by atomic mass is 9.96. The number of amides is 2. The highest BCUT2D eigenvalue weighted by molar-refractivity contribution is 6.00. The Balaban J connectivity index is 1.56. The lowest BCUT2D eigenvalue weighted by molar-refractivity contribution is -0.0449. The van der Waals surface area contributed by atoms with E-state index in [-0.39, 0.29) is 35.8 Å². The summed E-state index contributed by atoms with van der Waals surface area (Å²) in [6.45, 7) is 8.20. The van der Waals surface area contributed by atoms with Crippen molar-refractivity contribution in [3.8, 4) is 5.88 Å². The molecule has 2 aliphatic rings. The first-order valence-corrected chi connectivity index (χ1v) is 10.7. The molecule has 1 fully saturated rings. The summed E-state index contributed by atoms with van der Waals surface area (Å²) in [4.78, 5) is 32.6. The predicted molar refractivity (Wildman–Crippen MR) is 110 cm³/mol. The molecule has 0 saturated carbocycles. The Labute approximate surface area is 181 Å². The lowest BCUT2D eigenvalue weighted by Gasteiger charge is -2.34. The highest BCUT2D eigenvalue weighted by atomic mass is 19.3. The summed E-state index contributed by atoms with van der Waals surface area (Å²) in [5, 5.41) is 0. The average Bonchev–Trinajstić information content (AvgIpc) is 3.02. The van der Waals surface area contributed by atoms with Gasteiger partial charge in [-0.25, -0.2) is 18.6 Å². The first kappa shape index (κ1) is 23.2. The van der Waals surface area contributed by atoms with Crippen LogP contribution in [-0.4, -0.2) is 64.5 Å². The van der Waals surface area contributed by atoms with Gasteiger partial charge in [-0.1, -0.05) is 6.92 Å². The molecule has 2 aliphatic heterocycles. The number of hydrogen-bond donors (Lipinski definition) is 0. The summed E-state index contributed by atoms with van der Waals surface area (Å²) in [5.41, 5.74) is 0.484. The van der Waals surface area contributed by atoms with Crippen LogP contribution in [0.1, 0.15) is 62.9 Å². The van der Waals surface area contributed by atoms with Crippen molar-refractivity contribution in [3.63, 3.8) is 0 Å². The standard InChI is InChI=1S/C22H31F2N3O4/c1-5-22(23,24)14-30-18-17-16(6-9-25-18)13-27(19(17)28)12-15-7-10-26(11-8-15)20(29)31-21(2,3)4/h6,9,15H,5,7-8,10-14H2,1-4H3. The van der Waals surface area contributed by atoms with Gasteiger partial charge in [0.05, 0.1) is 0 Å². The fourth-order valence-electron chi connectivity index (χ4n) is 3.75. The number of ether oxygens (including phenoxy) is 2. The van der Waals surface area contributed by atoms with Crippen molar-refractivity contribution >= 4 is 12.0 Å². The number of nitrogens with zero attached hydrogens (tertiary/aromatic N) is 3. The second kappa shape index (κ2) is 8.96. The number of carbonyl (C=O) groups is 2. The van der Waals surface area contributed by atoms with E-state index in [0.29, 0.717) is 26.2 Å². The summed E-state index contributed by atoms with van der Waals surface area (Å²) in [6.07, 6.45) is 2.36. The number of carbonyl (C=O) groups excluding carboxylic acids is 2. The molecule has 3 heterocycles. The molecule has 2 amide bonds. The van der Waals surface area contributed by atoms with E-state index in [1.165, 1.54) is 13.1 Å². The lowest BCUT2D eigenvalue weighted by Crippen LogP contribution is -2.43. The Hall–Kier alpha value is -2.45. The monoisotopic (exact) mass is 439 g/mol. The molecule has 1 aromatic rings. The topological polar surface area (TPSA) is 72.0 Å². The highest BCUT2D eigenvalue weighted by Gasteiger charge is 2.36. The van der Waals surface area contributed by atoms with Crippen molar-refractivity contribution < 1.29 is 27.8 Å². The van der Waals surface area contributed by atoms with Crippen LogP contribution in [0, 0.1) is 5.92 Å². The number of aromatic nitrogens is 1. The van der Waals surface area contributed by atoms with E-state index in [0.717, 1.165) is 18.4 Å². The third kappa shape index (κ3) is 5.83. The van der Waals surface area contributed by atoms with E-state index < -0.39 is 18.1 Å². The number of rotatable bonds is 6. The molecule has 0 radical (unpaired) electrons. The van der Waals surface area contributed by atoms with E-state index in [1.54, 1.807) is 15.9 Å². The number of likely N-dealkylation sites (tertiary alicyclic amines) is 1. The van der Waals surface area contributed by atoms with E-state index in [4.69, 9.17) is 9.47 Å². The maximum absolute atomic E-state index is 13.6. The van der Waals surface area contributed by atoms with Crippen LogP contribution < -0.4 is 4.74 Å². The molecule has 172 valence electrons. The molecule has 1 saturated heterocycles. The Bertz CT molecular complexity index is 817. The fraction of sp³-hybridized carbons (Fsp3) is 0.682. The van der Waals surface area contributed by atoms with Crippen LogP contribution >= 0.6 is 0 Å². The van der Waals surface area contributed by atoms with Crippen molar-refractivity contribution in [1.82, 2.24) is 14.8 Å². The van der Waals surface area contributed by atoms with Crippen LogP contribution in [0.2, 0.25) is 0 Å². The van der Waals surface area contributed by atoms with Crippen LogP contribution in [0.3, 0.4) is 0 Å². The number of fused-ring (bicyclic) bond motifs is 1. The molecule has 1 aromatic heterocycles. The smallest absolute Gasteiger partial charge is 0.410 e. The predicted octanol–water partition coefficient (Wildman–Crippen LogP) is 4.11. The normalized spacial score (nSPS) is 17.7. The number of pyridine rings is 1. The van der Waals surface area contributed by atoms with Crippen molar-refractivity contribution in [2.75, 3.05) is 26.2 Å². The first-order valence-electron chi connectivity index (χ1n) is 10.7. The molecule has 9 heteroatoms. The molecule has 0 spiro atoms. The summed E-state index contributed by atoms with van der Waals surface area (Å²) >= 11 is 0. The minimum absolute atomic E-state index is 0.0297.